The zero-order chi connectivity index (χ0) is 49.6. The van der Waals surface area contributed by atoms with Crippen molar-refractivity contribution in [3.8, 4) is 16.5 Å². The van der Waals surface area contributed by atoms with Gasteiger partial charge in [0.25, 0.3) is 5.91 Å². The minimum absolute atomic E-state index is 0.0174. The fourth-order valence-electron chi connectivity index (χ4n) is 9.99. The van der Waals surface area contributed by atoms with Crippen LogP contribution in [0.5, 0.6) is 0 Å². The molecule has 2 aromatic carbocycles. The van der Waals surface area contributed by atoms with Crippen LogP contribution < -0.4 is 21.3 Å². The second-order valence-electron chi connectivity index (χ2n) is 20.5. The molecule has 5 N–H and O–H groups in total. The molecule has 4 amide bonds. The van der Waals surface area contributed by atoms with Crippen molar-refractivity contribution in [2.24, 2.45) is 22.2 Å². The number of hydrogen-bond donors (Lipinski definition) is 5. The van der Waals surface area contributed by atoms with Crippen molar-refractivity contribution in [2.75, 3.05) is 31.6 Å². The van der Waals surface area contributed by atoms with Gasteiger partial charge < -0.3 is 36.0 Å². The molecule has 364 valence electrons. The van der Waals surface area contributed by atoms with E-state index in [1.165, 1.54) is 4.90 Å². The smallest absolute Gasteiger partial charge is 0.272 e. The van der Waals surface area contributed by atoms with Gasteiger partial charge in [-0.05, 0) is 103 Å². The highest BCUT2D eigenvalue weighted by atomic mass is 35.5. The Balaban J connectivity index is 0.887. The van der Waals surface area contributed by atoms with Gasteiger partial charge in [-0.1, -0.05) is 90.4 Å². The van der Waals surface area contributed by atoms with Crippen LogP contribution in [0.1, 0.15) is 120 Å². The lowest BCUT2D eigenvalue weighted by Crippen LogP contribution is -2.70. The van der Waals surface area contributed by atoms with Crippen molar-refractivity contribution in [1.29, 1.82) is 5.26 Å². The van der Waals surface area contributed by atoms with Crippen LogP contribution >= 0.6 is 22.9 Å². The van der Waals surface area contributed by atoms with E-state index in [9.17, 15) is 29.5 Å². The van der Waals surface area contributed by atoms with Gasteiger partial charge in [0.1, 0.15) is 30.6 Å². The quantitative estimate of drug-likeness (QED) is 0.0584. The number of thiazole rings is 1. The van der Waals surface area contributed by atoms with Gasteiger partial charge in [-0.2, -0.15) is 5.26 Å². The van der Waals surface area contributed by atoms with Crippen molar-refractivity contribution >= 4 is 52.4 Å². The number of carbonyl (C=O) groups is 4. The van der Waals surface area contributed by atoms with Crippen LogP contribution in [0.3, 0.4) is 0 Å². The molecule has 6 rings (SSSR count). The molecular weight excluding hydrogens is 902 g/mol. The Morgan fingerprint density at radius 3 is 2.34 bits per heavy atom. The molecule has 1 aliphatic heterocycles. The van der Waals surface area contributed by atoms with Gasteiger partial charge in [0.2, 0.25) is 17.7 Å². The Kier molecular flexibility index (Phi) is 16.7. The van der Waals surface area contributed by atoms with E-state index in [1.54, 1.807) is 29.5 Å². The van der Waals surface area contributed by atoms with Gasteiger partial charge in [0.15, 0.2) is 5.69 Å². The van der Waals surface area contributed by atoms with Gasteiger partial charge in [-0.3, -0.25) is 19.2 Å². The van der Waals surface area contributed by atoms with Crippen molar-refractivity contribution in [2.45, 2.75) is 125 Å². The lowest BCUT2D eigenvalue weighted by molar-refractivity contribution is -0.144. The number of nitriles is 1. The lowest BCUT2D eigenvalue weighted by atomic mass is 9.43. The summed E-state index contributed by atoms with van der Waals surface area (Å²) in [5.41, 5.74) is 5.36. The molecule has 3 heterocycles. The maximum atomic E-state index is 14.1. The van der Waals surface area contributed by atoms with Crippen LogP contribution in [0, 0.1) is 40.4 Å². The molecule has 0 spiro atoms. The maximum absolute atomic E-state index is 14.1. The van der Waals surface area contributed by atoms with E-state index in [0.29, 0.717) is 36.0 Å². The number of aliphatic hydroxyl groups excluding tert-OH is 1. The standard InChI is InChI=1S/C51H66ClN9O6S/c1-30(33-15-17-34(18-16-33)43-31(2)55-29-68-43)56-46(65)39-25-36(62)27-61(39)47(66)44(49(3,4)5)57-42(63)28-67-22-12-10-11-21-54-41-20-19-38(59-60-41)45(64)58-48-50(6,7)40(51(48,8)9)24-32-13-14-35(26-53)37(52)23-32/h13-20,23,29-30,36,39-40,44,48,62H,10-12,21-22,24-25,27-28H2,1-9H3,(H,54,60)(H,56,65)(H,57,63)(H,58,64)/t30-,36+,39-,40-,44+,48-/m0/s1. The molecule has 15 nitrogen and oxygen atoms in total. The average Bonchev–Trinajstić information content (AvgIpc) is 3.91. The second kappa shape index (κ2) is 21.9. The van der Waals surface area contributed by atoms with Crippen molar-refractivity contribution < 1.29 is 29.0 Å². The number of hydrogen-bond acceptors (Lipinski definition) is 12. The first-order valence-corrected chi connectivity index (χ1v) is 24.6. The molecule has 2 fully saturated rings. The number of amides is 4. The molecule has 1 saturated carbocycles. The Morgan fingerprint density at radius 2 is 1.72 bits per heavy atom. The first kappa shape index (κ1) is 51.9. The number of anilines is 1. The van der Waals surface area contributed by atoms with Crippen molar-refractivity contribution in [3.05, 3.63) is 93.2 Å². The third-order valence-electron chi connectivity index (χ3n) is 13.6. The van der Waals surface area contributed by atoms with Gasteiger partial charge in [0, 0.05) is 32.2 Å². The van der Waals surface area contributed by atoms with Crippen molar-refractivity contribution in [3.63, 3.8) is 0 Å². The number of carbonyl (C=O) groups excluding carboxylic acids is 4. The largest absolute Gasteiger partial charge is 0.391 e. The summed E-state index contributed by atoms with van der Waals surface area (Å²) in [6.45, 7) is 18.7. The summed E-state index contributed by atoms with van der Waals surface area (Å²) in [4.78, 5) is 60.9. The zero-order valence-corrected chi connectivity index (χ0v) is 42.2. The molecule has 4 aromatic rings. The van der Waals surface area contributed by atoms with E-state index in [0.717, 1.165) is 46.5 Å². The summed E-state index contributed by atoms with van der Waals surface area (Å²) in [5.74, 6) is -0.722. The number of benzene rings is 2. The minimum Gasteiger partial charge on any atom is -0.391 e. The van der Waals surface area contributed by atoms with Crippen LogP contribution in [0.15, 0.2) is 60.1 Å². The van der Waals surface area contributed by atoms with Crippen molar-refractivity contribution in [1.82, 2.24) is 36.0 Å². The molecule has 2 aliphatic rings. The number of unbranched alkanes of at least 4 members (excludes halogenated alkanes) is 2. The minimum atomic E-state index is -0.959. The highest BCUT2D eigenvalue weighted by Gasteiger charge is 2.61. The highest BCUT2D eigenvalue weighted by Crippen LogP contribution is 2.60. The Bertz CT molecular complexity index is 2450. The van der Waals surface area contributed by atoms with Crippen LogP contribution in [0.25, 0.3) is 10.4 Å². The maximum Gasteiger partial charge on any atom is 0.272 e. The van der Waals surface area contributed by atoms with Crippen LogP contribution in [-0.2, 0) is 25.5 Å². The number of rotatable bonds is 19. The zero-order valence-electron chi connectivity index (χ0n) is 40.6. The second-order valence-corrected chi connectivity index (χ2v) is 21.7. The third-order valence-corrected chi connectivity index (χ3v) is 14.9. The summed E-state index contributed by atoms with van der Waals surface area (Å²) in [5, 5.41) is 41.0. The lowest BCUT2D eigenvalue weighted by Gasteiger charge is -2.64. The number of aromatic nitrogens is 3. The summed E-state index contributed by atoms with van der Waals surface area (Å²) in [7, 11) is 0. The van der Waals surface area contributed by atoms with E-state index < -0.39 is 35.4 Å². The molecule has 0 radical (unpaired) electrons. The first-order valence-electron chi connectivity index (χ1n) is 23.3. The molecule has 0 bridgehead atoms. The molecular formula is C51H66ClN9O6S. The van der Waals surface area contributed by atoms with Crippen LogP contribution in [0.4, 0.5) is 5.82 Å². The Morgan fingerprint density at radius 1 is 1.00 bits per heavy atom. The van der Waals surface area contributed by atoms with Gasteiger partial charge >= 0.3 is 0 Å². The van der Waals surface area contributed by atoms with E-state index in [2.05, 4.69) is 70.2 Å². The Labute approximate surface area is 409 Å². The summed E-state index contributed by atoms with van der Waals surface area (Å²) in [6, 6.07) is 16.7. The summed E-state index contributed by atoms with van der Waals surface area (Å²) < 4.78 is 5.68. The summed E-state index contributed by atoms with van der Waals surface area (Å²) >= 11 is 7.88. The number of nitrogens with one attached hydrogen (secondary N) is 4. The average molecular weight is 969 g/mol. The van der Waals surface area contributed by atoms with E-state index >= 15 is 0 Å². The number of ether oxygens (including phenoxy) is 1. The molecule has 2 aromatic heterocycles. The molecule has 4 atom stereocenters. The molecule has 68 heavy (non-hydrogen) atoms. The Hall–Kier alpha value is -5.47. The SMILES string of the molecule is Cc1ncsc1-c1ccc([C@H](C)NC(=O)[C@@H]2C[C@@H](O)CN2C(=O)[C@@H](NC(=O)COCCCCCNc2ccc(C(=O)N[C@H]3C(C)(C)[C@H](Cc4ccc(C#N)c(Cl)c4)C3(C)C)nn2)C(C)(C)C)cc1. The van der Waals surface area contributed by atoms with Gasteiger partial charge in [-0.15, -0.1) is 21.5 Å². The first-order chi connectivity index (χ1) is 32.1. The number of aliphatic hydroxyl groups is 1. The van der Waals surface area contributed by atoms with Crippen LogP contribution in [0.2, 0.25) is 5.02 Å². The predicted octanol–water partition coefficient (Wildman–Crippen LogP) is 7.43. The predicted molar refractivity (Wildman–Crippen MR) is 264 cm³/mol. The van der Waals surface area contributed by atoms with Crippen LogP contribution in [-0.4, -0.2) is 99.3 Å². The van der Waals surface area contributed by atoms with E-state index in [1.807, 2.05) is 76.5 Å². The molecule has 0 unspecified atom stereocenters. The topological polar surface area (TPSA) is 212 Å². The highest BCUT2D eigenvalue weighted by molar-refractivity contribution is 7.13. The fourth-order valence-corrected chi connectivity index (χ4v) is 11.0. The number of halogens is 1. The molecule has 1 aliphatic carbocycles. The monoisotopic (exact) mass is 967 g/mol. The normalized spacial score (nSPS) is 20.4. The van der Waals surface area contributed by atoms with Gasteiger partial charge in [0.05, 0.1) is 38.8 Å². The van der Waals surface area contributed by atoms with Gasteiger partial charge in [-0.25, -0.2) is 4.98 Å². The number of β-amino-alcohol motifs (C(OH)–C–C–N with tert-alkyl or cyclic N) is 1. The number of aryl methyl sites for hydroxylation is 1. The number of likely N-dealkylation sites (tertiary alicyclic amines) is 1. The summed E-state index contributed by atoms with van der Waals surface area (Å²) in [6.07, 6.45) is 2.31. The third kappa shape index (κ3) is 12.2. The number of nitrogens with zero attached hydrogens (tertiary/aromatic N) is 5. The molecule has 1 saturated heterocycles. The molecule has 17 heteroatoms. The van der Waals surface area contributed by atoms with E-state index in [-0.39, 0.29) is 65.9 Å². The fraction of sp³-hybridized carbons (Fsp3) is 0.529. The van der Waals surface area contributed by atoms with E-state index in [4.69, 9.17) is 16.3 Å².